The van der Waals surface area contributed by atoms with Crippen LogP contribution in [0.4, 0.5) is 0 Å². The van der Waals surface area contributed by atoms with E-state index in [2.05, 4.69) is 9.88 Å². The largest absolute Gasteiger partial charge is 0.361 e. The van der Waals surface area contributed by atoms with E-state index in [1.54, 1.807) is 0 Å². The standard InChI is InChI=1S/C15H20N2O3S/c1-11-4-6-14(7-5-11)10-21(18,19)16-9-8-15-12(2)17-20-13(15)3/h4-7,16H,8-10H2,1-3H3. The highest BCUT2D eigenvalue weighted by Gasteiger charge is 2.13. The minimum absolute atomic E-state index is 0.00508. The van der Waals surface area contributed by atoms with Gasteiger partial charge in [-0.05, 0) is 32.8 Å². The summed E-state index contributed by atoms with van der Waals surface area (Å²) in [5.74, 6) is 0.736. The van der Waals surface area contributed by atoms with Gasteiger partial charge in [-0.25, -0.2) is 13.1 Å². The molecule has 0 aliphatic heterocycles. The van der Waals surface area contributed by atoms with E-state index in [-0.39, 0.29) is 5.75 Å². The molecular formula is C15H20N2O3S. The van der Waals surface area contributed by atoms with Gasteiger partial charge in [-0.1, -0.05) is 35.0 Å². The van der Waals surface area contributed by atoms with Crippen LogP contribution in [0, 0.1) is 20.8 Å². The van der Waals surface area contributed by atoms with Crippen molar-refractivity contribution in [3.8, 4) is 0 Å². The third-order valence-corrected chi connectivity index (χ3v) is 4.71. The van der Waals surface area contributed by atoms with Crippen molar-refractivity contribution < 1.29 is 12.9 Å². The van der Waals surface area contributed by atoms with Crippen LogP contribution in [0.15, 0.2) is 28.8 Å². The Hall–Kier alpha value is -1.66. The first kappa shape index (κ1) is 15.7. The number of aryl methyl sites for hydroxylation is 3. The van der Waals surface area contributed by atoms with Crippen molar-refractivity contribution in [2.75, 3.05) is 6.54 Å². The highest BCUT2D eigenvalue weighted by atomic mass is 32.2. The molecule has 2 rings (SSSR count). The molecule has 1 aromatic carbocycles. The smallest absolute Gasteiger partial charge is 0.215 e. The van der Waals surface area contributed by atoms with E-state index in [0.29, 0.717) is 13.0 Å². The van der Waals surface area contributed by atoms with Crippen molar-refractivity contribution in [1.29, 1.82) is 0 Å². The maximum absolute atomic E-state index is 12.0. The Kier molecular flexibility index (Phi) is 4.80. The number of benzene rings is 1. The zero-order chi connectivity index (χ0) is 15.5. The first-order valence-electron chi connectivity index (χ1n) is 6.82. The lowest BCUT2D eigenvalue weighted by molar-refractivity contribution is 0.392. The number of nitrogens with zero attached hydrogens (tertiary/aromatic N) is 1. The highest BCUT2D eigenvalue weighted by Crippen LogP contribution is 2.12. The first-order valence-corrected chi connectivity index (χ1v) is 8.47. The second-order valence-electron chi connectivity index (χ2n) is 5.19. The number of hydrogen-bond donors (Lipinski definition) is 1. The van der Waals surface area contributed by atoms with E-state index in [9.17, 15) is 8.42 Å². The van der Waals surface area contributed by atoms with E-state index in [1.165, 1.54) is 0 Å². The molecule has 0 aliphatic carbocycles. The monoisotopic (exact) mass is 308 g/mol. The maximum atomic E-state index is 12.0. The Morgan fingerprint density at radius 1 is 1.14 bits per heavy atom. The zero-order valence-corrected chi connectivity index (χ0v) is 13.3. The number of aromatic nitrogens is 1. The molecule has 0 radical (unpaired) electrons. The van der Waals surface area contributed by atoms with Crippen LogP contribution in [0.2, 0.25) is 0 Å². The number of hydrogen-bond acceptors (Lipinski definition) is 4. The quantitative estimate of drug-likeness (QED) is 0.888. The molecule has 0 unspecified atom stereocenters. The molecule has 0 atom stereocenters. The lowest BCUT2D eigenvalue weighted by Gasteiger charge is -2.07. The highest BCUT2D eigenvalue weighted by molar-refractivity contribution is 7.88. The predicted molar refractivity (Wildman–Crippen MR) is 81.5 cm³/mol. The summed E-state index contributed by atoms with van der Waals surface area (Å²) in [6.45, 7) is 6.00. The van der Waals surface area contributed by atoms with Crippen LogP contribution >= 0.6 is 0 Å². The van der Waals surface area contributed by atoms with Gasteiger partial charge >= 0.3 is 0 Å². The molecule has 0 saturated carbocycles. The van der Waals surface area contributed by atoms with Crippen molar-refractivity contribution in [2.45, 2.75) is 32.9 Å². The lowest BCUT2D eigenvalue weighted by Crippen LogP contribution is -2.27. The van der Waals surface area contributed by atoms with Gasteiger partial charge in [0.1, 0.15) is 5.76 Å². The van der Waals surface area contributed by atoms with E-state index in [4.69, 9.17) is 4.52 Å². The fraction of sp³-hybridized carbons (Fsp3) is 0.400. The van der Waals surface area contributed by atoms with Crippen LogP contribution in [-0.2, 0) is 22.2 Å². The summed E-state index contributed by atoms with van der Waals surface area (Å²) in [6.07, 6.45) is 0.578. The molecule has 1 heterocycles. The van der Waals surface area contributed by atoms with Crippen LogP contribution < -0.4 is 4.72 Å². The average Bonchev–Trinajstić information content (AvgIpc) is 2.73. The van der Waals surface area contributed by atoms with Crippen molar-refractivity contribution in [3.63, 3.8) is 0 Å². The summed E-state index contributed by atoms with van der Waals surface area (Å²) < 4.78 is 31.7. The molecule has 114 valence electrons. The summed E-state index contributed by atoms with van der Waals surface area (Å²) in [4.78, 5) is 0. The Labute approximate surface area is 125 Å². The summed E-state index contributed by atoms with van der Waals surface area (Å²) >= 11 is 0. The fourth-order valence-electron chi connectivity index (χ4n) is 2.15. The number of rotatable bonds is 6. The number of nitrogens with one attached hydrogen (secondary N) is 1. The fourth-order valence-corrected chi connectivity index (χ4v) is 3.29. The van der Waals surface area contributed by atoms with Crippen molar-refractivity contribution in [3.05, 3.63) is 52.4 Å². The second-order valence-corrected chi connectivity index (χ2v) is 7.00. The van der Waals surface area contributed by atoms with Crippen LogP contribution in [0.3, 0.4) is 0 Å². The minimum atomic E-state index is -3.33. The van der Waals surface area contributed by atoms with Gasteiger partial charge in [0.05, 0.1) is 11.4 Å². The second kappa shape index (κ2) is 6.41. The van der Waals surface area contributed by atoms with Gasteiger partial charge in [0, 0.05) is 12.1 Å². The molecule has 5 nitrogen and oxygen atoms in total. The molecule has 1 aromatic heterocycles. The molecular weight excluding hydrogens is 288 g/mol. The van der Waals surface area contributed by atoms with Gasteiger partial charge in [-0.15, -0.1) is 0 Å². The third kappa shape index (κ3) is 4.41. The van der Waals surface area contributed by atoms with Crippen molar-refractivity contribution >= 4 is 10.0 Å². The van der Waals surface area contributed by atoms with E-state index < -0.39 is 10.0 Å². The lowest BCUT2D eigenvalue weighted by atomic mass is 10.1. The summed E-state index contributed by atoms with van der Waals surface area (Å²) in [7, 11) is -3.33. The van der Waals surface area contributed by atoms with Crippen LogP contribution in [-0.4, -0.2) is 20.1 Å². The predicted octanol–water partition coefficient (Wildman–Crippen LogP) is 2.26. The third-order valence-electron chi connectivity index (χ3n) is 3.36. The number of sulfonamides is 1. The van der Waals surface area contributed by atoms with Crippen molar-refractivity contribution in [1.82, 2.24) is 9.88 Å². The van der Waals surface area contributed by atoms with E-state index >= 15 is 0 Å². The van der Waals surface area contributed by atoms with Gasteiger partial charge in [0.25, 0.3) is 0 Å². The van der Waals surface area contributed by atoms with Crippen LogP contribution in [0.25, 0.3) is 0 Å². The Bertz CT molecular complexity index is 684. The molecule has 0 aliphatic rings. The van der Waals surface area contributed by atoms with Gasteiger partial charge in [0.15, 0.2) is 0 Å². The molecule has 0 amide bonds. The maximum Gasteiger partial charge on any atom is 0.215 e. The summed E-state index contributed by atoms with van der Waals surface area (Å²) in [5, 5.41) is 3.86. The van der Waals surface area contributed by atoms with Crippen LogP contribution in [0.5, 0.6) is 0 Å². The van der Waals surface area contributed by atoms with E-state index in [0.717, 1.165) is 28.1 Å². The molecule has 21 heavy (non-hydrogen) atoms. The molecule has 6 heteroatoms. The topological polar surface area (TPSA) is 72.2 Å². The molecule has 0 saturated heterocycles. The zero-order valence-electron chi connectivity index (χ0n) is 12.5. The van der Waals surface area contributed by atoms with Gasteiger partial charge in [-0.3, -0.25) is 0 Å². The average molecular weight is 308 g/mol. The SMILES string of the molecule is Cc1ccc(CS(=O)(=O)NCCc2c(C)noc2C)cc1. The van der Waals surface area contributed by atoms with E-state index in [1.807, 2.05) is 45.0 Å². The first-order chi connectivity index (χ1) is 9.87. The molecule has 1 N–H and O–H groups in total. The minimum Gasteiger partial charge on any atom is -0.361 e. The Morgan fingerprint density at radius 2 is 1.81 bits per heavy atom. The van der Waals surface area contributed by atoms with Crippen LogP contribution in [0.1, 0.15) is 28.1 Å². The molecule has 0 bridgehead atoms. The van der Waals surface area contributed by atoms with Gasteiger partial charge in [0.2, 0.25) is 10.0 Å². The Balaban J connectivity index is 1.91. The Morgan fingerprint density at radius 3 is 2.38 bits per heavy atom. The van der Waals surface area contributed by atoms with Gasteiger partial charge in [-0.2, -0.15) is 0 Å². The summed E-state index contributed by atoms with van der Waals surface area (Å²) in [6, 6.07) is 7.50. The molecule has 2 aromatic rings. The van der Waals surface area contributed by atoms with Crippen molar-refractivity contribution in [2.24, 2.45) is 0 Å². The molecule has 0 fully saturated rings. The summed E-state index contributed by atoms with van der Waals surface area (Å²) in [5.41, 5.74) is 3.67. The normalized spacial score (nSPS) is 11.8. The molecule has 0 spiro atoms. The van der Waals surface area contributed by atoms with Gasteiger partial charge < -0.3 is 4.52 Å².